The molecule has 0 radical (unpaired) electrons. The Morgan fingerprint density at radius 1 is 0.321 bits per heavy atom. The summed E-state index contributed by atoms with van der Waals surface area (Å²) in [7, 11) is 0. The molecule has 0 amide bonds. The molecule has 262 valence electrons. The van der Waals surface area contributed by atoms with Gasteiger partial charge in [-0.15, -0.1) is 0 Å². The van der Waals surface area contributed by atoms with Gasteiger partial charge in [-0.2, -0.15) is 0 Å². The molecule has 0 aliphatic carbocycles. The molecule has 0 saturated carbocycles. The van der Waals surface area contributed by atoms with E-state index in [1.54, 1.807) is 0 Å². The Bertz CT molecular complexity index is 3130. The van der Waals surface area contributed by atoms with Gasteiger partial charge < -0.3 is 8.98 Å². The number of hydrogen-bond donors (Lipinski definition) is 0. The summed E-state index contributed by atoms with van der Waals surface area (Å²) >= 11 is 0. The van der Waals surface area contributed by atoms with E-state index in [0.717, 1.165) is 77.6 Å². The van der Waals surface area contributed by atoms with E-state index in [1.807, 2.05) is 54.6 Å². The quantitative estimate of drug-likeness (QED) is 0.172. The summed E-state index contributed by atoms with van der Waals surface area (Å²) in [5.74, 6) is 1.76. The molecule has 0 bridgehead atoms. The SMILES string of the molecule is c1ccc(-c2nc(-c3cc(-c4ccccc4)c(-n4c5ccccc5c5ccccc54)c(-c4ccccc4)c3)nc(-c3ccc4c(c3)oc3ccccc34)n2)cc1. The van der Waals surface area contributed by atoms with Gasteiger partial charge >= 0.3 is 0 Å². The zero-order chi connectivity index (χ0) is 37.0. The number of rotatable bonds is 6. The van der Waals surface area contributed by atoms with Crippen LogP contribution in [0.25, 0.3) is 106 Å². The van der Waals surface area contributed by atoms with Gasteiger partial charge in [-0.25, -0.2) is 15.0 Å². The fraction of sp³-hybridized carbons (Fsp3) is 0. The molecule has 5 nitrogen and oxygen atoms in total. The van der Waals surface area contributed by atoms with E-state index >= 15 is 0 Å². The van der Waals surface area contributed by atoms with Crippen molar-refractivity contribution in [2.75, 3.05) is 0 Å². The molecule has 0 fully saturated rings. The van der Waals surface area contributed by atoms with E-state index in [4.69, 9.17) is 19.4 Å². The van der Waals surface area contributed by atoms with Crippen LogP contribution in [-0.2, 0) is 0 Å². The number of benzene rings is 8. The van der Waals surface area contributed by atoms with Gasteiger partial charge in [-0.3, -0.25) is 0 Å². The van der Waals surface area contributed by atoms with Gasteiger partial charge in [0, 0.05) is 49.4 Å². The highest BCUT2D eigenvalue weighted by Crippen LogP contribution is 2.44. The molecule has 0 N–H and O–H groups in total. The van der Waals surface area contributed by atoms with E-state index < -0.39 is 0 Å². The van der Waals surface area contributed by atoms with E-state index in [2.05, 4.69) is 144 Å². The minimum absolute atomic E-state index is 0.574. The normalized spacial score (nSPS) is 11.6. The van der Waals surface area contributed by atoms with Crippen molar-refractivity contribution in [1.82, 2.24) is 19.5 Å². The highest BCUT2D eigenvalue weighted by atomic mass is 16.3. The van der Waals surface area contributed by atoms with Gasteiger partial charge in [0.15, 0.2) is 17.5 Å². The molecule has 5 heteroatoms. The van der Waals surface area contributed by atoms with Crippen molar-refractivity contribution < 1.29 is 4.42 Å². The van der Waals surface area contributed by atoms with Crippen molar-refractivity contribution >= 4 is 43.7 Å². The average Bonchev–Trinajstić information content (AvgIpc) is 3.82. The second-order valence-corrected chi connectivity index (χ2v) is 14.0. The van der Waals surface area contributed by atoms with Crippen LogP contribution < -0.4 is 0 Å². The third kappa shape index (κ3) is 5.29. The van der Waals surface area contributed by atoms with Gasteiger partial charge in [-0.1, -0.05) is 152 Å². The summed E-state index contributed by atoms with van der Waals surface area (Å²) in [6.07, 6.45) is 0. The maximum atomic E-state index is 6.31. The molecule has 8 aromatic carbocycles. The molecular formula is C51H32N4O. The average molecular weight is 717 g/mol. The maximum absolute atomic E-state index is 6.31. The molecular weight excluding hydrogens is 685 g/mol. The van der Waals surface area contributed by atoms with Crippen molar-refractivity contribution in [1.29, 1.82) is 0 Å². The predicted molar refractivity (Wildman–Crippen MR) is 229 cm³/mol. The van der Waals surface area contributed by atoms with Gasteiger partial charge in [0.05, 0.1) is 16.7 Å². The zero-order valence-electron chi connectivity index (χ0n) is 30.2. The molecule has 11 aromatic rings. The van der Waals surface area contributed by atoms with E-state index in [-0.39, 0.29) is 0 Å². The topological polar surface area (TPSA) is 56.7 Å². The highest BCUT2D eigenvalue weighted by Gasteiger charge is 2.23. The summed E-state index contributed by atoms with van der Waals surface area (Å²) in [6, 6.07) is 67.6. The lowest BCUT2D eigenvalue weighted by molar-refractivity contribution is 0.669. The molecule has 0 unspecified atom stereocenters. The summed E-state index contributed by atoms with van der Waals surface area (Å²) in [4.78, 5) is 15.5. The monoisotopic (exact) mass is 716 g/mol. The van der Waals surface area contributed by atoms with Crippen LogP contribution in [0.3, 0.4) is 0 Å². The molecule has 3 heterocycles. The number of fused-ring (bicyclic) bond motifs is 6. The number of hydrogen-bond acceptors (Lipinski definition) is 4. The van der Waals surface area contributed by atoms with Gasteiger partial charge in [-0.05, 0) is 53.6 Å². The first-order valence-electron chi connectivity index (χ1n) is 18.8. The standard InChI is InChI=1S/C51H32N4O/c1-4-16-33(17-5-1)42-30-37(31-43(34-18-6-2-7-19-34)48(42)55-44-25-13-10-22-38(44)39-23-11-14-26-45(39)55)51-53-49(35-20-8-3-9-21-35)52-50(54-51)36-28-29-41-40-24-12-15-27-46(40)56-47(41)32-36/h1-32H. The summed E-state index contributed by atoms with van der Waals surface area (Å²) < 4.78 is 8.74. The lowest BCUT2D eigenvalue weighted by Gasteiger charge is -2.21. The molecule has 0 saturated heterocycles. The highest BCUT2D eigenvalue weighted by molar-refractivity contribution is 6.11. The Morgan fingerprint density at radius 2 is 0.768 bits per heavy atom. The second-order valence-electron chi connectivity index (χ2n) is 14.0. The third-order valence-electron chi connectivity index (χ3n) is 10.6. The van der Waals surface area contributed by atoms with Gasteiger partial charge in [0.25, 0.3) is 0 Å². The smallest absolute Gasteiger partial charge is 0.164 e. The first kappa shape index (κ1) is 31.9. The van der Waals surface area contributed by atoms with E-state index in [9.17, 15) is 0 Å². The predicted octanol–water partition coefficient (Wildman–Crippen LogP) is 13.2. The van der Waals surface area contributed by atoms with Crippen LogP contribution in [0.2, 0.25) is 0 Å². The van der Waals surface area contributed by atoms with Crippen molar-refractivity contribution in [3.05, 3.63) is 194 Å². The van der Waals surface area contributed by atoms with Crippen molar-refractivity contribution in [3.63, 3.8) is 0 Å². The van der Waals surface area contributed by atoms with Crippen LogP contribution in [0.1, 0.15) is 0 Å². The van der Waals surface area contributed by atoms with Crippen LogP contribution in [0.4, 0.5) is 0 Å². The fourth-order valence-corrected chi connectivity index (χ4v) is 8.06. The molecule has 0 spiro atoms. The zero-order valence-corrected chi connectivity index (χ0v) is 30.2. The first-order chi connectivity index (χ1) is 27.8. The lowest BCUT2D eigenvalue weighted by atomic mass is 9.92. The van der Waals surface area contributed by atoms with Crippen LogP contribution >= 0.6 is 0 Å². The molecule has 3 aromatic heterocycles. The third-order valence-corrected chi connectivity index (χ3v) is 10.6. The molecule has 0 aliphatic rings. The molecule has 0 atom stereocenters. The first-order valence-corrected chi connectivity index (χ1v) is 18.8. The Morgan fingerprint density at radius 3 is 1.36 bits per heavy atom. The van der Waals surface area contributed by atoms with Crippen LogP contribution in [0, 0.1) is 0 Å². The summed E-state index contributed by atoms with van der Waals surface area (Å²) in [5, 5.41) is 4.56. The minimum Gasteiger partial charge on any atom is -0.456 e. The number of nitrogens with zero attached hydrogens (tertiary/aromatic N) is 4. The second kappa shape index (κ2) is 13.0. The van der Waals surface area contributed by atoms with Crippen LogP contribution in [0.15, 0.2) is 199 Å². The minimum atomic E-state index is 0.574. The number of aromatic nitrogens is 4. The summed E-state index contributed by atoms with van der Waals surface area (Å²) in [6.45, 7) is 0. The number of furan rings is 1. The van der Waals surface area contributed by atoms with E-state index in [1.165, 1.54) is 10.8 Å². The van der Waals surface area contributed by atoms with Crippen LogP contribution in [-0.4, -0.2) is 19.5 Å². The lowest BCUT2D eigenvalue weighted by Crippen LogP contribution is -2.04. The Balaban J connectivity index is 1.21. The number of para-hydroxylation sites is 3. The fourth-order valence-electron chi connectivity index (χ4n) is 8.06. The van der Waals surface area contributed by atoms with Crippen molar-refractivity contribution in [2.45, 2.75) is 0 Å². The van der Waals surface area contributed by atoms with Crippen molar-refractivity contribution in [3.8, 4) is 62.1 Å². The van der Waals surface area contributed by atoms with E-state index in [0.29, 0.717) is 17.5 Å². The molecule has 56 heavy (non-hydrogen) atoms. The maximum Gasteiger partial charge on any atom is 0.164 e. The largest absolute Gasteiger partial charge is 0.456 e. The Kier molecular flexibility index (Phi) is 7.42. The van der Waals surface area contributed by atoms with Gasteiger partial charge in [0.1, 0.15) is 11.2 Å². The van der Waals surface area contributed by atoms with Crippen LogP contribution in [0.5, 0.6) is 0 Å². The Labute approximate surface area is 322 Å². The van der Waals surface area contributed by atoms with Gasteiger partial charge in [0.2, 0.25) is 0 Å². The van der Waals surface area contributed by atoms with Crippen molar-refractivity contribution in [2.24, 2.45) is 0 Å². The Hall–Kier alpha value is -7.63. The molecule has 11 rings (SSSR count). The molecule has 0 aliphatic heterocycles. The summed E-state index contributed by atoms with van der Waals surface area (Å²) in [5.41, 5.74) is 12.0.